The molecule has 1 unspecified atom stereocenters. The molecule has 0 aliphatic carbocycles. The minimum Gasteiger partial charge on any atom is -0.370 e. The van der Waals surface area contributed by atoms with Crippen LogP contribution in [-0.2, 0) is 15.3 Å². The van der Waals surface area contributed by atoms with Gasteiger partial charge >= 0.3 is 0 Å². The maximum atomic E-state index is 11.1. The van der Waals surface area contributed by atoms with Gasteiger partial charge in [-0.1, -0.05) is 0 Å². The van der Waals surface area contributed by atoms with Gasteiger partial charge in [-0.3, -0.25) is 9.59 Å². The van der Waals surface area contributed by atoms with E-state index in [0.717, 1.165) is 4.68 Å². The van der Waals surface area contributed by atoms with Gasteiger partial charge in [0.2, 0.25) is 11.8 Å². The molecule has 1 rings (SSSR count). The lowest BCUT2D eigenvalue weighted by molar-refractivity contribution is -0.126. The molecule has 0 fully saturated rings. The molecule has 4 N–H and O–H groups in total. The topological polar surface area (TPSA) is 130 Å². The van der Waals surface area contributed by atoms with E-state index in [1.807, 2.05) is 0 Å². The van der Waals surface area contributed by atoms with Crippen LogP contribution in [0.15, 0.2) is 0 Å². The minimum atomic E-state index is -0.959. The number of aromatic nitrogens is 4. The molecule has 0 saturated heterocycles. The molecule has 1 aromatic heterocycles. The van der Waals surface area contributed by atoms with Gasteiger partial charge in [0.15, 0.2) is 5.82 Å². The average molecular weight is 230 g/mol. The van der Waals surface area contributed by atoms with E-state index < -0.39 is 17.9 Å². The van der Waals surface area contributed by atoms with Gasteiger partial charge in [-0.05, 0) is 10.4 Å². The third kappa shape index (κ3) is 2.65. The second-order valence-electron chi connectivity index (χ2n) is 2.79. The standard InChI is InChI=1S/C6H10N6O2S/c7-4(13)1-3(6(8)14)12-5(2-15)9-10-11-12/h3,15H,1-2H2,(H2,7,13)(H2,8,14). The molecular formula is C6H10N6O2S. The van der Waals surface area contributed by atoms with Crippen molar-refractivity contribution >= 4 is 24.4 Å². The minimum absolute atomic E-state index is 0.232. The molecule has 1 heterocycles. The van der Waals surface area contributed by atoms with Crippen LogP contribution in [0.1, 0.15) is 18.3 Å². The Kier molecular flexibility index (Phi) is 3.61. The van der Waals surface area contributed by atoms with Crippen molar-refractivity contribution < 1.29 is 9.59 Å². The highest BCUT2D eigenvalue weighted by molar-refractivity contribution is 7.79. The van der Waals surface area contributed by atoms with E-state index in [2.05, 4.69) is 28.2 Å². The number of carbonyl (C=O) groups excluding carboxylic acids is 2. The molecule has 1 atom stereocenters. The van der Waals surface area contributed by atoms with Crippen molar-refractivity contribution in [3.8, 4) is 0 Å². The number of hydrogen-bond donors (Lipinski definition) is 3. The molecule has 0 aromatic carbocycles. The molecule has 82 valence electrons. The van der Waals surface area contributed by atoms with Crippen LogP contribution < -0.4 is 11.5 Å². The normalized spacial score (nSPS) is 12.3. The number of rotatable bonds is 5. The molecule has 0 spiro atoms. The third-order valence-corrected chi connectivity index (χ3v) is 2.00. The summed E-state index contributed by atoms with van der Waals surface area (Å²) in [6.07, 6.45) is -0.235. The lowest BCUT2D eigenvalue weighted by Crippen LogP contribution is -2.32. The fraction of sp³-hybridized carbons (Fsp3) is 0.500. The molecule has 8 nitrogen and oxygen atoms in total. The van der Waals surface area contributed by atoms with Crippen LogP contribution in [0.5, 0.6) is 0 Å². The summed E-state index contributed by atoms with van der Waals surface area (Å²) in [5, 5.41) is 10.5. The second kappa shape index (κ2) is 4.73. The summed E-state index contributed by atoms with van der Waals surface area (Å²) in [5.41, 5.74) is 10.1. The monoisotopic (exact) mass is 230 g/mol. The number of tetrazole rings is 1. The molecular weight excluding hydrogens is 220 g/mol. The summed E-state index contributed by atoms with van der Waals surface area (Å²) in [6.45, 7) is 0. The van der Waals surface area contributed by atoms with Crippen molar-refractivity contribution in [3.63, 3.8) is 0 Å². The van der Waals surface area contributed by atoms with E-state index >= 15 is 0 Å². The van der Waals surface area contributed by atoms with Crippen molar-refractivity contribution in [2.45, 2.75) is 18.2 Å². The molecule has 0 radical (unpaired) electrons. The zero-order chi connectivity index (χ0) is 11.4. The van der Waals surface area contributed by atoms with Crippen molar-refractivity contribution in [1.82, 2.24) is 20.2 Å². The summed E-state index contributed by atoms with van der Waals surface area (Å²) in [5.74, 6) is -0.790. The van der Waals surface area contributed by atoms with E-state index in [0.29, 0.717) is 5.82 Å². The fourth-order valence-electron chi connectivity index (χ4n) is 1.06. The Morgan fingerprint density at radius 3 is 2.60 bits per heavy atom. The Labute approximate surface area is 90.4 Å². The van der Waals surface area contributed by atoms with Crippen LogP contribution in [-0.4, -0.2) is 32.0 Å². The number of nitrogens with two attached hydrogens (primary N) is 2. The van der Waals surface area contributed by atoms with E-state index in [1.54, 1.807) is 0 Å². The first-order valence-corrected chi connectivity index (χ1v) is 4.64. The number of amides is 2. The molecule has 9 heteroatoms. The fourth-order valence-corrected chi connectivity index (χ4v) is 1.26. The predicted octanol–water partition coefficient (Wildman–Crippen LogP) is -2.00. The van der Waals surface area contributed by atoms with E-state index in [9.17, 15) is 9.59 Å². The quantitative estimate of drug-likeness (QED) is 0.504. The van der Waals surface area contributed by atoms with Crippen molar-refractivity contribution in [3.05, 3.63) is 5.82 Å². The largest absolute Gasteiger partial charge is 0.370 e. The number of carbonyl (C=O) groups is 2. The summed E-state index contributed by atoms with van der Waals surface area (Å²) in [4.78, 5) is 21.8. The van der Waals surface area contributed by atoms with Gasteiger partial charge in [-0.2, -0.15) is 12.6 Å². The Hall–Kier alpha value is -1.64. The summed E-state index contributed by atoms with van der Waals surface area (Å²) < 4.78 is 1.15. The van der Waals surface area contributed by atoms with Gasteiger partial charge in [0, 0.05) is 0 Å². The second-order valence-corrected chi connectivity index (χ2v) is 3.10. The number of nitrogens with zero attached hydrogens (tertiary/aromatic N) is 4. The van der Waals surface area contributed by atoms with Gasteiger partial charge in [-0.15, -0.1) is 5.10 Å². The first kappa shape index (κ1) is 11.4. The van der Waals surface area contributed by atoms with Gasteiger partial charge in [0.25, 0.3) is 0 Å². The zero-order valence-corrected chi connectivity index (χ0v) is 8.59. The summed E-state index contributed by atoms with van der Waals surface area (Å²) >= 11 is 3.97. The van der Waals surface area contributed by atoms with E-state index in [1.165, 1.54) is 0 Å². The van der Waals surface area contributed by atoms with Crippen LogP contribution >= 0.6 is 12.6 Å². The summed E-state index contributed by atoms with van der Waals surface area (Å²) in [6, 6.07) is -0.959. The Morgan fingerprint density at radius 2 is 2.13 bits per heavy atom. The van der Waals surface area contributed by atoms with Crippen LogP contribution in [0.3, 0.4) is 0 Å². The summed E-state index contributed by atoms with van der Waals surface area (Å²) in [7, 11) is 0. The molecule has 15 heavy (non-hydrogen) atoms. The van der Waals surface area contributed by atoms with Gasteiger partial charge in [-0.25, -0.2) is 4.68 Å². The lowest BCUT2D eigenvalue weighted by atomic mass is 10.2. The number of thiol groups is 1. The SMILES string of the molecule is NC(=O)CC(C(N)=O)n1nnnc1CS. The Morgan fingerprint density at radius 1 is 1.47 bits per heavy atom. The molecule has 0 bridgehead atoms. The zero-order valence-electron chi connectivity index (χ0n) is 7.70. The van der Waals surface area contributed by atoms with E-state index in [-0.39, 0.29) is 12.2 Å². The molecule has 0 aliphatic heterocycles. The lowest BCUT2D eigenvalue weighted by Gasteiger charge is -2.11. The average Bonchev–Trinajstić information content (AvgIpc) is 2.60. The maximum absolute atomic E-state index is 11.1. The number of hydrogen-bond acceptors (Lipinski definition) is 6. The van der Waals surface area contributed by atoms with Gasteiger partial charge in [0.1, 0.15) is 6.04 Å². The van der Waals surface area contributed by atoms with Crippen molar-refractivity contribution in [2.75, 3.05) is 0 Å². The van der Waals surface area contributed by atoms with Gasteiger partial charge in [0.05, 0.1) is 12.2 Å². The Bertz CT molecular complexity index is 377. The van der Waals surface area contributed by atoms with Crippen LogP contribution in [0.4, 0.5) is 0 Å². The highest BCUT2D eigenvalue weighted by Gasteiger charge is 2.23. The van der Waals surface area contributed by atoms with Crippen LogP contribution in [0, 0.1) is 0 Å². The molecule has 2 amide bonds. The Balaban J connectivity index is 2.98. The number of primary amides is 2. The highest BCUT2D eigenvalue weighted by Crippen LogP contribution is 2.11. The first-order chi connectivity index (χ1) is 7.06. The first-order valence-electron chi connectivity index (χ1n) is 4.01. The smallest absolute Gasteiger partial charge is 0.242 e. The molecule has 0 aliphatic rings. The van der Waals surface area contributed by atoms with Crippen LogP contribution in [0.25, 0.3) is 0 Å². The predicted molar refractivity (Wildman–Crippen MR) is 52.5 cm³/mol. The maximum Gasteiger partial charge on any atom is 0.242 e. The molecule has 1 aromatic rings. The van der Waals surface area contributed by atoms with Gasteiger partial charge < -0.3 is 11.5 Å². The van der Waals surface area contributed by atoms with Crippen molar-refractivity contribution in [1.29, 1.82) is 0 Å². The van der Waals surface area contributed by atoms with E-state index in [4.69, 9.17) is 11.5 Å². The highest BCUT2D eigenvalue weighted by atomic mass is 32.1. The molecule has 0 saturated carbocycles. The van der Waals surface area contributed by atoms with Crippen LogP contribution in [0.2, 0.25) is 0 Å². The third-order valence-electron chi connectivity index (χ3n) is 1.72. The van der Waals surface area contributed by atoms with Crippen molar-refractivity contribution in [2.24, 2.45) is 11.5 Å².